The maximum Gasteiger partial charge on any atom is 0.235 e. The number of hydrogen-bond acceptors (Lipinski definition) is 3. The maximum absolute atomic E-state index is 6.61. The molecule has 0 radical (unpaired) electrons. The summed E-state index contributed by atoms with van der Waals surface area (Å²) in [6, 6.07) is 51.1. The molecule has 0 saturated heterocycles. The molecule has 0 amide bonds. The Morgan fingerprint density at radius 3 is 1.87 bits per heavy atom. The Morgan fingerprint density at radius 1 is 0.558 bits per heavy atom. The molecule has 0 N–H and O–H groups in total. The van der Waals surface area contributed by atoms with Crippen molar-refractivity contribution in [3.05, 3.63) is 168 Å². The van der Waals surface area contributed by atoms with Crippen molar-refractivity contribution in [2.24, 2.45) is 0 Å². The van der Waals surface area contributed by atoms with Gasteiger partial charge in [-0.3, -0.25) is 4.57 Å². The summed E-state index contributed by atoms with van der Waals surface area (Å²) in [6.07, 6.45) is 2.10. The molecule has 0 fully saturated rings. The number of para-hydroxylation sites is 3. The molecular formula is C47H30N4O. The van der Waals surface area contributed by atoms with E-state index in [1.807, 2.05) is 37.3 Å². The molecule has 0 saturated carbocycles. The van der Waals surface area contributed by atoms with E-state index in [-0.39, 0.29) is 0 Å². The average Bonchev–Trinajstić information content (AvgIpc) is 3.73. The molecule has 3 aromatic heterocycles. The van der Waals surface area contributed by atoms with Gasteiger partial charge in [-0.25, -0.2) is 9.97 Å². The molecule has 0 unspecified atom stereocenters. The minimum absolute atomic E-state index is 0.597. The molecule has 1 aliphatic heterocycles. The van der Waals surface area contributed by atoms with Crippen LogP contribution in [0.1, 0.15) is 12.6 Å². The average molecular weight is 667 g/mol. The summed E-state index contributed by atoms with van der Waals surface area (Å²) >= 11 is 0. The summed E-state index contributed by atoms with van der Waals surface area (Å²) in [4.78, 5) is 10.7. The van der Waals surface area contributed by atoms with Crippen LogP contribution in [0.3, 0.4) is 0 Å². The van der Waals surface area contributed by atoms with Crippen molar-refractivity contribution < 1.29 is 4.74 Å². The molecular weight excluding hydrogens is 637 g/mol. The van der Waals surface area contributed by atoms with Gasteiger partial charge in [-0.1, -0.05) is 122 Å². The third-order valence-corrected chi connectivity index (χ3v) is 10.6. The Morgan fingerprint density at radius 2 is 1.15 bits per heavy atom. The second-order valence-corrected chi connectivity index (χ2v) is 13.3. The van der Waals surface area contributed by atoms with Gasteiger partial charge in [0.1, 0.15) is 11.5 Å². The molecule has 1 aliphatic rings. The van der Waals surface area contributed by atoms with Crippen molar-refractivity contribution in [1.29, 1.82) is 0 Å². The second kappa shape index (κ2) is 10.8. The van der Waals surface area contributed by atoms with Gasteiger partial charge in [0.05, 0.1) is 38.7 Å². The van der Waals surface area contributed by atoms with Crippen LogP contribution in [0, 0.1) is 0 Å². The third kappa shape index (κ3) is 3.82. The van der Waals surface area contributed by atoms with E-state index < -0.39 is 0 Å². The molecule has 0 spiro atoms. The number of ether oxygens (including phenoxy) is 1. The minimum atomic E-state index is 0.597. The van der Waals surface area contributed by atoms with Gasteiger partial charge in [0.25, 0.3) is 0 Å². The smallest absolute Gasteiger partial charge is 0.235 e. The molecule has 4 heterocycles. The van der Waals surface area contributed by atoms with E-state index in [9.17, 15) is 0 Å². The van der Waals surface area contributed by atoms with Crippen LogP contribution in [0.4, 0.5) is 0 Å². The van der Waals surface area contributed by atoms with Crippen LogP contribution in [0.5, 0.6) is 5.75 Å². The molecule has 0 atom stereocenters. The fourth-order valence-electron chi connectivity index (χ4n) is 8.44. The summed E-state index contributed by atoms with van der Waals surface area (Å²) in [5.74, 6) is 2.04. The Bertz CT molecular complexity index is 3300. The molecule has 11 rings (SSSR count). The van der Waals surface area contributed by atoms with Crippen LogP contribution in [0.15, 0.2) is 152 Å². The zero-order valence-electron chi connectivity index (χ0n) is 28.3. The number of rotatable bonds is 2. The van der Waals surface area contributed by atoms with Gasteiger partial charge in [-0.05, 0) is 48.5 Å². The van der Waals surface area contributed by atoms with Crippen LogP contribution >= 0.6 is 0 Å². The van der Waals surface area contributed by atoms with Crippen molar-refractivity contribution in [1.82, 2.24) is 19.1 Å². The Balaban J connectivity index is 1.32. The number of nitrogens with zero attached hydrogens (tertiary/aromatic N) is 4. The van der Waals surface area contributed by atoms with E-state index in [4.69, 9.17) is 14.7 Å². The van der Waals surface area contributed by atoms with Crippen molar-refractivity contribution in [3.63, 3.8) is 0 Å². The predicted octanol–water partition coefficient (Wildman–Crippen LogP) is 9.99. The van der Waals surface area contributed by atoms with Gasteiger partial charge in [0.2, 0.25) is 5.95 Å². The summed E-state index contributed by atoms with van der Waals surface area (Å²) in [5.41, 5.74) is 7.93. The first-order valence-corrected chi connectivity index (χ1v) is 17.6. The fraction of sp³-hybridized carbons (Fsp3) is 0.0213. The summed E-state index contributed by atoms with van der Waals surface area (Å²) in [5, 5.41) is 9.99. The minimum Gasteiger partial charge on any atom is -0.455 e. The van der Waals surface area contributed by atoms with Gasteiger partial charge in [-0.15, -0.1) is 0 Å². The first-order chi connectivity index (χ1) is 25.7. The van der Waals surface area contributed by atoms with Crippen LogP contribution < -0.4 is 15.2 Å². The Labute approximate surface area is 298 Å². The molecule has 5 heteroatoms. The van der Waals surface area contributed by atoms with Crippen molar-refractivity contribution >= 4 is 82.7 Å². The van der Waals surface area contributed by atoms with Crippen molar-refractivity contribution in [2.75, 3.05) is 0 Å². The lowest BCUT2D eigenvalue weighted by Crippen LogP contribution is -2.29. The highest BCUT2D eigenvalue weighted by Crippen LogP contribution is 2.47. The normalized spacial score (nSPS) is 14.4. The van der Waals surface area contributed by atoms with Crippen molar-refractivity contribution in [2.45, 2.75) is 6.92 Å². The standard InChI is InChI=1S/C47H30N4O/c1-3-29-16-7-8-19-31(29)46-28(2)43-42-36(24-15-27-39(42)52-46)48-47(49-43)51-38-26-14-12-23-35(38)41-40-34-22-11-13-25-37(34)50(30-17-5-4-6-18-30)44(40)32-20-9-10-21-33(32)45(41)51/h3-27H,2H2,1H3/b29-3-,46-31+. The summed E-state index contributed by atoms with van der Waals surface area (Å²) in [6.45, 7) is 6.64. The number of fused-ring (bicyclic) bond motifs is 10. The fourth-order valence-corrected chi connectivity index (χ4v) is 8.44. The van der Waals surface area contributed by atoms with Gasteiger partial charge in [0.15, 0.2) is 0 Å². The maximum atomic E-state index is 6.61. The zero-order valence-corrected chi connectivity index (χ0v) is 28.3. The van der Waals surface area contributed by atoms with E-state index in [0.29, 0.717) is 11.7 Å². The molecule has 0 aliphatic carbocycles. The lowest BCUT2D eigenvalue weighted by atomic mass is 9.99. The van der Waals surface area contributed by atoms with E-state index in [0.717, 1.165) is 65.9 Å². The molecule has 5 nitrogen and oxygen atoms in total. The lowest BCUT2D eigenvalue weighted by molar-refractivity contribution is 0.519. The molecule has 52 heavy (non-hydrogen) atoms. The molecule has 244 valence electrons. The highest BCUT2D eigenvalue weighted by molar-refractivity contribution is 6.37. The second-order valence-electron chi connectivity index (χ2n) is 13.3. The first kappa shape index (κ1) is 28.8. The van der Waals surface area contributed by atoms with Gasteiger partial charge in [-0.2, -0.15) is 0 Å². The number of benzene rings is 7. The monoisotopic (exact) mass is 666 g/mol. The van der Waals surface area contributed by atoms with Gasteiger partial charge >= 0.3 is 0 Å². The topological polar surface area (TPSA) is 44.9 Å². The van der Waals surface area contributed by atoms with Crippen molar-refractivity contribution in [3.8, 4) is 17.4 Å². The van der Waals surface area contributed by atoms with Crippen LogP contribution in [0.25, 0.3) is 94.3 Å². The van der Waals surface area contributed by atoms with E-state index in [2.05, 4.69) is 137 Å². The molecule has 7 aromatic carbocycles. The summed E-state index contributed by atoms with van der Waals surface area (Å²) < 4.78 is 11.3. The molecule has 0 bridgehead atoms. The predicted molar refractivity (Wildman–Crippen MR) is 215 cm³/mol. The summed E-state index contributed by atoms with van der Waals surface area (Å²) in [7, 11) is 0. The molecule has 10 aromatic rings. The lowest BCUT2D eigenvalue weighted by Gasteiger charge is -2.22. The quantitative estimate of drug-likeness (QED) is 0.185. The third-order valence-electron chi connectivity index (χ3n) is 10.6. The van der Waals surface area contributed by atoms with Gasteiger partial charge in [0, 0.05) is 48.8 Å². The van der Waals surface area contributed by atoms with E-state index >= 15 is 0 Å². The highest BCUT2D eigenvalue weighted by atomic mass is 16.5. The van der Waals surface area contributed by atoms with Gasteiger partial charge < -0.3 is 9.30 Å². The number of aromatic nitrogens is 4. The SMILES string of the molecule is C=C1/C(=c2/cccc/c2=C/C)Oc2cccc3nc(-n4c5ccccc5c5c6c7ccccc7n(-c7ccccc7)c6c6ccccc6c54)nc1c23. The van der Waals surface area contributed by atoms with E-state index in [1.165, 1.54) is 32.6 Å². The van der Waals surface area contributed by atoms with Crippen LogP contribution in [-0.4, -0.2) is 19.1 Å². The first-order valence-electron chi connectivity index (χ1n) is 17.6. The van der Waals surface area contributed by atoms with Crippen LogP contribution in [0.2, 0.25) is 0 Å². The van der Waals surface area contributed by atoms with Crippen LogP contribution in [-0.2, 0) is 0 Å². The highest BCUT2D eigenvalue weighted by Gasteiger charge is 2.28. The number of hydrogen-bond donors (Lipinski definition) is 0. The Kier molecular flexibility index (Phi) is 5.96. The Hall–Kier alpha value is -6.98. The van der Waals surface area contributed by atoms with E-state index in [1.54, 1.807) is 0 Å². The zero-order chi connectivity index (χ0) is 34.5. The largest absolute Gasteiger partial charge is 0.455 e.